The van der Waals surface area contributed by atoms with Gasteiger partial charge in [0.05, 0.1) is 0 Å². The number of rotatable bonds is 5. The van der Waals surface area contributed by atoms with Gasteiger partial charge in [-0.1, -0.05) is 12.1 Å². The van der Waals surface area contributed by atoms with Crippen molar-refractivity contribution in [2.24, 2.45) is 5.73 Å². The maximum Gasteiger partial charge on any atom is 0.320 e. The van der Waals surface area contributed by atoms with Crippen molar-refractivity contribution in [3.8, 4) is 0 Å². The zero-order valence-electron chi connectivity index (χ0n) is 8.64. The van der Waals surface area contributed by atoms with E-state index in [2.05, 4.69) is 0 Å². The Morgan fingerprint density at radius 2 is 2.07 bits per heavy atom. The Balaban J connectivity index is 2.47. The molecule has 0 fully saturated rings. The summed E-state index contributed by atoms with van der Waals surface area (Å²) in [6.45, 7) is 0. The number of thioether (sulfide) groups is 1. The van der Waals surface area contributed by atoms with Crippen LogP contribution in [0.2, 0.25) is 0 Å². The van der Waals surface area contributed by atoms with Crippen LogP contribution in [0.1, 0.15) is 12.0 Å². The summed E-state index contributed by atoms with van der Waals surface area (Å²) in [7, 11) is 0. The minimum atomic E-state index is -0.935. The summed E-state index contributed by atoms with van der Waals surface area (Å²) in [5.74, 6) is -0.935. The minimum absolute atomic E-state index is 0.480. The number of carbonyl (C=O) groups is 1. The predicted molar refractivity (Wildman–Crippen MR) is 62.2 cm³/mol. The molecule has 1 atom stereocenters. The first-order chi connectivity index (χ1) is 7.13. The summed E-state index contributed by atoms with van der Waals surface area (Å²) < 4.78 is 0. The van der Waals surface area contributed by atoms with E-state index in [1.807, 2.05) is 30.5 Å². The van der Waals surface area contributed by atoms with Crippen molar-refractivity contribution in [2.75, 3.05) is 6.26 Å². The molecule has 1 aromatic rings. The van der Waals surface area contributed by atoms with E-state index in [1.54, 1.807) is 11.8 Å². The average molecular weight is 225 g/mol. The highest BCUT2D eigenvalue weighted by Crippen LogP contribution is 2.15. The fourth-order valence-corrected chi connectivity index (χ4v) is 1.65. The van der Waals surface area contributed by atoms with E-state index in [0.717, 1.165) is 5.56 Å². The Kier molecular flexibility index (Phi) is 4.65. The van der Waals surface area contributed by atoms with Crippen molar-refractivity contribution in [3.05, 3.63) is 29.8 Å². The highest BCUT2D eigenvalue weighted by Gasteiger charge is 2.10. The summed E-state index contributed by atoms with van der Waals surface area (Å²) in [6, 6.07) is 7.34. The predicted octanol–water partition coefficient (Wildman–Crippen LogP) is 1.75. The third-order valence-electron chi connectivity index (χ3n) is 2.22. The van der Waals surface area contributed by atoms with Crippen LogP contribution >= 0.6 is 11.8 Å². The summed E-state index contributed by atoms with van der Waals surface area (Å²) in [6.07, 6.45) is 3.21. The highest BCUT2D eigenvalue weighted by molar-refractivity contribution is 7.98. The fraction of sp³-hybridized carbons (Fsp3) is 0.364. The third kappa shape index (κ3) is 3.93. The Hall–Kier alpha value is -1.00. The van der Waals surface area contributed by atoms with Crippen LogP contribution in [0.25, 0.3) is 0 Å². The van der Waals surface area contributed by atoms with E-state index in [9.17, 15) is 4.79 Å². The lowest BCUT2D eigenvalue weighted by atomic mass is 10.1. The number of benzene rings is 1. The SMILES string of the molecule is CSc1ccc(CC[C@H](N)C(=O)O)cc1. The van der Waals surface area contributed by atoms with Crippen LogP contribution in [0, 0.1) is 0 Å². The van der Waals surface area contributed by atoms with Gasteiger partial charge in [-0.25, -0.2) is 0 Å². The second-order valence-electron chi connectivity index (χ2n) is 3.33. The molecule has 0 heterocycles. The largest absolute Gasteiger partial charge is 0.480 e. The number of carboxylic acids is 1. The number of nitrogens with two attached hydrogens (primary N) is 1. The van der Waals surface area contributed by atoms with Gasteiger partial charge in [-0.05, 0) is 36.8 Å². The van der Waals surface area contributed by atoms with Gasteiger partial charge in [0.15, 0.2) is 0 Å². The van der Waals surface area contributed by atoms with Gasteiger partial charge < -0.3 is 10.8 Å². The molecule has 4 heteroatoms. The number of hydrogen-bond acceptors (Lipinski definition) is 3. The molecule has 0 radical (unpaired) electrons. The summed E-state index contributed by atoms with van der Waals surface area (Å²) in [5, 5.41) is 8.61. The zero-order chi connectivity index (χ0) is 11.3. The van der Waals surface area contributed by atoms with Crippen molar-refractivity contribution in [3.63, 3.8) is 0 Å². The van der Waals surface area contributed by atoms with Gasteiger partial charge in [0, 0.05) is 4.90 Å². The second-order valence-corrected chi connectivity index (χ2v) is 4.21. The molecule has 0 aromatic heterocycles. The van der Waals surface area contributed by atoms with Crippen molar-refractivity contribution >= 4 is 17.7 Å². The van der Waals surface area contributed by atoms with E-state index in [1.165, 1.54) is 4.90 Å². The van der Waals surface area contributed by atoms with E-state index in [-0.39, 0.29) is 0 Å². The lowest BCUT2D eigenvalue weighted by molar-refractivity contribution is -0.138. The summed E-state index contributed by atoms with van der Waals surface area (Å²) in [4.78, 5) is 11.7. The van der Waals surface area contributed by atoms with E-state index in [4.69, 9.17) is 10.8 Å². The first-order valence-corrected chi connectivity index (χ1v) is 5.97. The van der Waals surface area contributed by atoms with Crippen molar-refractivity contribution < 1.29 is 9.90 Å². The minimum Gasteiger partial charge on any atom is -0.480 e. The van der Waals surface area contributed by atoms with Crippen molar-refractivity contribution in [1.82, 2.24) is 0 Å². The molecule has 0 aliphatic heterocycles. The van der Waals surface area contributed by atoms with Crippen LogP contribution in [0.3, 0.4) is 0 Å². The normalized spacial score (nSPS) is 12.4. The maximum absolute atomic E-state index is 10.5. The van der Waals surface area contributed by atoms with Gasteiger partial charge in [-0.3, -0.25) is 4.79 Å². The average Bonchev–Trinajstić information content (AvgIpc) is 2.26. The lowest BCUT2D eigenvalue weighted by Crippen LogP contribution is -2.30. The fourth-order valence-electron chi connectivity index (χ4n) is 1.24. The Labute approximate surface area is 93.7 Å². The molecule has 3 nitrogen and oxygen atoms in total. The quantitative estimate of drug-likeness (QED) is 0.749. The van der Waals surface area contributed by atoms with Crippen molar-refractivity contribution in [1.29, 1.82) is 0 Å². The Morgan fingerprint density at radius 1 is 1.47 bits per heavy atom. The second kappa shape index (κ2) is 5.78. The first-order valence-electron chi connectivity index (χ1n) is 4.75. The molecule has 0 unspecified atom stereocenters. The number of carboxylic acid groups (broad SMARTS) is 1. The van der Waals surface area contributed by atoms with Crippen LogP contribution in [0.15, 0.2) is 29.2 Å². The van der Waals surface area contributed by atoms with Crippen LogP contribution < -0.4 is 5.73 Å². The molecule has 1 rings (SSSR count). The molecule has 0 aliphatic carbocycles. The summed E-state index contributed by atoms with van der Waals surface area (Å²) >= 11 is 1.69. The molecule has 0 saturated carbocycles. The topological polar surface area (TPSA) is 63.3 Å². The van der Waals surface area contributed by atoms with Gasteiger partial charge in [-0.15, -0.1) is 11.8 Å². The molecule has 15 heavy (non-hydrogen) atoms. The Morgan fingerprint density at radius 3 is 2.53 bits per heavy atom. The molecule has 82 valence electrons. The first kappa shape index (κ1) is 12.1. The Bertz CT molecular complexity index is 324. The van der Waals surface area contributed by atoms with Crippen LogP contribution in [-0.4, -0.2) is 23.4 Å². The monoisotopic (exact) mass is 225 g/mol. The number of aliphatic carboxylic acids is 1. The highest BCUT2D eigenvalue weighted by atomic mass is 32.2. The maximum atomic E-state index is 10.5. The van der Waals surface area contributed by atoms with Crippen LogP contribution in [-0.2, 0) is 11.2 Å². The van der Waals surface area contributed by atoms with Crippen LogP contribution in [0.5, 0.6) is 0 Å². The molecule has 0 spiro atoms. The van der Waals surface area contributed by atoms with Gasteiger partial charge >= 0.3 is 5.97 Å². The van der Waals surface area contributed by atoms with E-state index < -0.39 is 12.0 Å². The third-order valence-corrected chi connectivity index (χ3v) is 2.96. The lowest BCUT2D eigenvalue weighted by Gasteiger charge is -2.06. The van der Waals surface area contributed by atoms with Gasteiger partial charge in [0.25, 0.3) is 0 Å². The molecular weight excluding hydrogens is 210 g/mol. The standard InChI is InChI=1S/C11H15NO2S/c1-15-9-5-2-8(3-6-9)4-7-10(12)11(13)14/h2-3,5-6,10H,4,7,12H2,1H3,(H,13,14)/t10-/m0/s1. The number of hydrogen-bond donors (Lipinski definition) is 2. The van der Waals surface area contributed by atoms with Crippen molar-refractivity contribution in [2.45, 2.75) is 23.8 Å². The molecule has 0 aliphatic rings. The summed E-state index contributed by atoms with van der Waals surface area (Å²) in [5.41, 5.74) is 6.55. The van der Waals surface area contributed by atoms with Gasteiger partial charge in [0.1, 0.15) is 6.04 Å². The van der Waals surface area contributed by atoms with E-state index >= 15 is 0 Å². The van der Waals surface area contributed by atoms with Crippen LogP contribution in [0.4, 0.5) is 0 Å². The molecule has 0 saturated heterocycles. The van der Waals surface area contributed by atoms with Gasteiger partial charge in [0.2, 0.25) is 0 Å². The van der Waals surface area contributed by atoms with E-state index in [0.29, 0.717) is 12.8 Å². The molecule has 3 N–H and O–H groups in total. The molecule has 0 amide bonds. The van der Waals surface area contributed by atoms with Gasteiger partial charge in [-0.2, -0.15) is 0 Å². The zero-order valence-corrected chi connectivity index (χ0v) is 9.46. The number of aryl methyl sites for hydroxylation is 1. The molecular formula is C11H15NO2S. The molecule has 0 bridgehead atoms. The smallest absolute Gasteiger partial charge is 0.320 e. The molecule has 1 aromatic carbocycles.